The zero-order valence-electron chi connectivity index (χ0n) is 17.3. The fourth-order valence-corrected chi connectivity index (χ4v) is 4.53. The largest absolute Gasteiger partial charge is 0.442 e. The maximum atomic E-state index is 12.7. The Morgan fingerprint density at radius 3 is 2.62 bits per heavy atom. The minimum Gasteiger partial charge on any atom is -0.442 e. The van der Waals surface area contributed by atoms with Crippen molar-refractivity contribution in [2.45, 2.75) is 31.3 Å². The molecule has 2 aromatic carbocycles. The van der Waals surface area contributed by atoms with Crippen LogP contribution >= 0.6 is 0 Å². The number of hydrogen-bond donors (Lipinski definition) is 1. The van der Waals surface area contributed by atoms with Gasteiger partial charge in [0, 0.05) is 18.0 Å². The van der Waals surface area contributed by atoms with E-state index >= 15 is 0 Å². The lowest BCUT2D eigenvalue weighted by Crippen LogP contribution is -2.40. The highest BCUT2D eigenvalue weighted by Crippen LogP contribution is 2.67. The Balaban J connectivity index is 1.34. The summed E-state index contributed by atoms with van der Waals surface area (Å²) in [5, 5.41) is 2.99. The Bertz CT molecular complexity index is 877. The number of likely N-dealkylation sites (N-methyl/N-ethyl adjacent to an activating group) is 1. The van der Waals surface area contributed by atoms with Crippen molar-refractivity contribution in [2.75, 3.05) is 26.0 Å². The number of rotatable bonds is 8. The molecule has 0 heterocycles. The van der Waals surface area contributed by atoms with E-state index in [4.69, 9.17) is 4.74 Å². The van der Waals surface area contributed by atoms with Gasteiger partial charge in [0.15, 0.2) is 0 Å². The van der Waals surface area contributed by atoms with Crippen LogP contribution in [0.25, 0.3) is 11.1 Å². The molecule has 0 aromatic heterocycles. The van der Waals surface area contributed by atoms with Crippen LogP contribution in [0, 0.1) is 11.8 Å². The van der Waals surface area contributed by atoms with E-state index in [1.165, 1.54) is 6.42 Å². The fourth-order valence-electron chi connectivity index (χ4n) is 4.53. The highest BCUT2D eigenvalue weighted by molar-refractivity contribution is 5.91. The zero-order chi connectivity index (χ0) is 20.3. The summed E-state index contributed by atoms with van der Waals surface area (Å²) < 4.78 is 5.97. The average molecular weight is 391 g/mol. The molecule has 3 unspecified atom stereocenters. The lowest BCUT2D eigenvalue weighted by Gasteiger charge is -2.35. The lowest BCUT2D eigenvalue weighted by molar-refractivity contribution is -0.0135. The number of carbonyl (C=O) groups excluding carboxylic acids is 1. The number of para-hydroxylation sites is 1. The van der Waals surface area contributed by atoms with Crippen molar-refractivity contribution in [3.63, 3.8) is 0 Å². The van der Waals surface area contributed by atoms with Gasteiger partial charge in [-0.15, -0.1) is 0 Å². The van der Waals surface area contributed by atoms with Crippen molar-refractivity contribution >= 4 is 11.8 Å². The number of carbonyl (C=O) groups is 1. The monoisotopic (exact) mass is 390 g/mol. The van der Waals surface area contributed by atoms with Crippen LogP contribution in [-0.4, -0.2) is 37.2 Å². The molecule has 0 aliphatic heterocycles. The normalized spacial score (nSPS) is 24.8. The van der Waals surface area contributed by atoms with E-state index in [0.29, 0.717) is 11.8 Å². The molecule has 3 atom stereocenters. The summed E-state index contributed by atoms with van der Waals surface area (Å²) in [7, 11) is 4.14. The van der Waals surface area contributed by atoms with Crippen molar-refractivity contribution in [1.82, 2.24) is 4.90 Å². The van der Waals surface area contributed by atoms with Crippen LogP contribution in [0.1, 0.15) is 25.7 Å². The van der Waals surface area contributed by atoms with E-state index in [2.05, 4.69) is 36.5 Å². The van der Waals surface area contributed by atoms with Crippen molar-refractivity contribution in [1.29, 1.82) is 0 Å². The van der Waals surface area contributed by atoms with Gasteiger partial charge in [0.05, 0.1) is 5.69 Å². The standard InChI is InChI=1S/C25H30N2O2/c1-27(2)16-10-4-7-13-20-17-21-18-25(20,21)29-24(28)26-23-15-9-8-14-22(23)19-11-5-3-6-12-19/h3-6,8-12,14-15,20-21H,7,13,16-18H2,1-2H3,(H,26,28)/b10-4-. The Morgan fingerprint density at radius 2 is 1.90 bits per heavy atom. The second-order valence-electron chi connectivity index (χ2n) is 8.53. The first-order valence-electron chi connectivity index (χ1n) is 10.5. The number of allylic oxidation sites excluding steroid dienone is 1. The third kappa shape index (κ3) is 4.38. The molecule has 2 aromatic rings. The first kappa shape index (κ1) is 19.7. The molecule has 29 heavy (non-hydrogen) atoms. The van der Waals surface area contributed by atoms with Crippen molar-refractivity contribution in [3.05, 3.63) is 66.7 Å². The summed E-state index contributed by atoms with van der Waals surface area (Å²) in [5.74, 6) is 1.06. The molecular weight excluding hydrogens is 360 g/mol. The molecule has 0 spiro atoms. The smallest absolute Gasteiger partial charge is 0.412 e. The van der Waals surface area contributed by atoms with Gasteiger partial charge in [0.2, 0.25) is 0 Å². The SMILES string of the molecule is CN(C)C/C=C\CCC1CC2CC12OC(=O)Nc1ccccc1-c1ccccc1. The highest BCUT2D eigenvalue weighted by Gasteiger charge is 2.70. The van der Waals surface area contributed by atoms with Crippen LogP contribution in [-0.2, 0) is 4.74 Å². The summed E-state index contributed by atoms with van der Waals surface area (Å²) in [4.78, 5) is 14.8. The van der Waals surface area contributed by atoms with Crippen molar-refractivity contribution < 1.29 is 9.53 Å². The maximum Gasteiger partial charge on any atom is 0.412 e. The summed E-state index contributed by atoms with van der Waals surface area (Å²) in [6.07, 6.45) is 8.48. The topological polar surface area (TPSA) is 41.6 Å². The second kappa shape index (κ2) is 8.42. The molecule has 0 radical (unpaired) electrons. The maximum absolute atomic E-state index is 12.7. The third-order valence-electron chi connectivity index (χ3n) is 6.21. The van der Waals surface area contributed by atoms with Crippen molar-refractivity contribution in [2.24, 2.45) is 11.8 Å². The van der Waals surface area contributed by atoms with Crippen LogP contribution in [0.15, 0.2) is 66.7 Å². The Labute approximate surface area is 173 Å². The van der Waals surface area contributed by atoms with E-state index < -0.39 is 0 Å². The number of hydrogen-bond acceptors (Lipinski definition) is 3. The summed E-state index contributed by atoms with van der Waals surface area (Å²) in [6.45, 7) is 0.970. The van der Waals surface area contributed by atoms with Gasteiger partial charge < -0.3 is 9.64 Å². The number of ether oxygens (including phenoxy) is 1. The molecule has 0 saturated heterocycles. The number of amides is 1. The van der Waals surface area contributed by atoms with Crippen LogP contribution in [0.4, 0.5) is 10.5 Å². The minimum absolute atomic E-state index is 0.207. The Morgan fingerprint density at radius 1 is 1.14 bits per heavy atom. The second-order valence-corrected chi connectivity index (χ2v) is 8.53. The summed E-state index contributed by atoms with van der Waals surface area (Å²) in [5.41, 5.74) is 2.67. The Kier molecular flexibility index (Phi) is 5.72. The molecule has 1 N–H and O–H groups in total. The summed E-state index contributed by atoms with van der Waals surface area (Å²) in [6, 6.07) is 18.0. The van der Waals surface area contributed by atoms with E-state index in [9.17, 15) is 4.79 Å². The molecule has 4 nitrogen and oxygen atoms in total. The van der Waals surface area contributed by atoms with Gasteiger partial charge in [-0.3, -0.25) is 5.32 Å². The molecule has 4 rings (SSSR count). The predicted octanol–water partition coefficient (Wildman–Crippen LogP) is 5.58. The molecule has 4 heteroatoms. The van der Waals surface area contributed by atoms with Crippen LogP contribution in [0.3, 0.4) is 0 Å². The number of nitrogens with zero attached hydrogens (tertiary/aromatic N) is 1. The van der Waals surface area contributed by atoms with Gasteiger partial charge in [-0.2, -0.15) is 0 Å². The van der Waals surface area contributed by atoms with Gasteiger partial charge in [-0.1, -0.05) is 60.7 Å². The van der Waals surface area contributed by atoms with E-state index in [0.717, 1.165) is 42.6 Å². The zero-order valence-corrected chi connectivity index (χ0v) is 17.3. The molecule has 2 aliphatic carbocycles. The van der Waals surface area contributed by atoms with Gasteiger partial charge in [-0.05, 0) is 57.3 Å². The molecule has 1 amide bonds. The molecule has 2 fully saturated rings. The van der Waals surface area contributed by atoms with E-state index in [1.807, 2.05) is 54.6 Å². The number of nitrogens with one attached hydrogen (secondary N) is 1. The first-order chi connectivity index (χ1) is 14.1. The van der Waals surface area contributed by atoms with Crippen LogP contribution in [0.5, 0.6) is 0 Å². The van der Waals surface area contributed by atoms with Gasteiger partial charge in [0.25, 0.3) is 0 Å². The molecule has 0 bridgehead atoms. The molecular formula is C25H30N2O2. The Hall–Kier alpha value is -2.59. The fraction of sp³-hybridized carbons (Fsp3) is 0.400. The van der Waals surface area contributed by atoms with E-state index in [-0.39, 0.29) is 11.7 Å². The first-order valence-corrected chi connectivity index (χ1v) is 10.5. The quantitative estimate of drug-likeness (QED) is 0.598. The van der Waals surface area contributed by atoms with Gasteiger partial charge >= 0.3 is 6.09 Å². The third-order valence-corrected chi connectivity index (χ3v) is 6.21. The average Bonchev–Trinajstić information content (AvgIpc) is 3.28. The molecule has 2 aliphatic rings. The minimum atomic E-state index is -0.330. The molecule has 2 saturated carbocycles. The summed E-state index contributed by atoms with van der Waals surface area (Å²) >= 11 is 0. The van der Waals surface area contributed by atoms with E-state index in [1.54, 1.807) is 0 Å². The lowest BCUT2D eigenvalue weighted by atomic mass is 9.78. The van der Waals surface area contributed by atoms with Crippen LogP contribution < -0.4 is 5.32 Å². The van der Waals surface area contributed by atoms with Crippen LogP contribution in [0.2, 0.25) is 0 Å². The van der Waals surface area contributed by atoms with Gasteiger partial charge in [-0.25, -0.2) is 4.79 Å². The predicted molar refractivity (Wildman–Crippen MR) is 118 cm³/mol. The van der Waals surface area contributed by atoms with Gasteiger partial charge in [0.1, 0.15) is 5.60 Å². The number of fused-ring (bicyclic) bond motifs is 1. The number of benzene rings is 2. The molecule has 152 valence electrons. The number of anilines is 1. The van der Waals surface area contributed by atoms with Crippen molar-refractivity contribution in [3.8, 4) is 11.1 Å². The highest BCUT2D eigenvalue weighted by atomic mass is 16.6.